The second-order valence-corrected chi connectivity index (χ2v) is 2.90. The van der Waals surface area contributed by atoms with Crippen LogP contribution >= 0.6 is 0 Å². The lowest BCUT2D eigenvalue weighted by molar-refractivity contribution is -0.141. The van der Waals surface area contributed by atoms with Crippen LogP contribution in [0.15, 0.2) is 9.59 Å². The largest absolute Gasteiger partial charge is 0.481 e. The third kappa shape index (κ3) is 2.28. The van der Waals surface area contributed by atoms with Gasteiger partial charge in [0.25, 0.3) is 5.56 Å². The third-order valence-corrected chi connectivity index (χ3v) is 1.70. The number of aromatic nitrogens is 3. The number of H-pyrrole nitrogens is 2. The van der Waals surface area contributed by atoms with Crippen molar-refractivity contribution in [3.63, 3.8) is 0 Å². The number of aliphatic carboxylic acids is 1. The molecule has 1 rings (SSSR count). The number of carboxylic acids is 1. The van der Waals surface area contributed by atoms with Crippen LogP contribution in [0.4, 0.5) is 0 Å². The zero-order valence-electron chi connectivity index (χ0n) is 7.40. The first-order valence-corrected chi connectivity index (χ1v) is 3.91. The highest BCUT2D eigenvalue weighted by atomic mass is 16.4. The predicted octanol–water partition coefficient (Wildman–Crippen LogP) is -1.28. The summed E-state index contributed by atoms with van der Waals surface area (Å²) in [4.78, 5) is 34.1. The molecule has 3 N–H and O–H groups in total. The van der Waals surface area contributed by atoms with Crippen molar-refractivity contribution in [2.24, 2.45) is 5.92 Å². The molecule has 14 heavy (non-hydrogen) atoms. The molecule has 0 bridgehead atoms. The summed E-state index contributed by atoms with van der Waals surface area (Å²) in [5.41, 5.74) is -1.34. The van der Waals surface area contributed by atoms with Crippen LogP contribution in [0.1, 0.15) is 12.6 Å². The van der Waals surface area contributed by atoms with Crippen LogP contribution in [0.25, 0.3) is 0 Å². The Morgan fingerprint density at radius 1 is 1.57 bits per heavy atom. The van der Waals surface area contributed by atoms with Crippen LogP contribution in [0.2, 0.25) is 0 Å². The Bertz CT molecular complexity index is 447. The molecule has 0 amide bonds. The number of aromatic amines is 2. The molecule has 0 aromatic carbocycles. The van der Waals surface area contributed by atoms with Crippen molar-refractivity contribution < 1.29 is 9.90 Å². The molecule has 0 aliphatic heterocycles. The van der Waals surface area contributed by atoms with Crippen molar-refractivity contribution in [3.8, 4) is 0 Å². The SMILES string of the molecule is CC(Cc1n[nH]c(=O)[nH]c1=O)C(=O)O. The van der Waals surface area contributed by atoms with Crippen LogP contribution in [0.3, 0.4) is 0 Å². The second-order valence-electron chi connectivity index (χ2n) is 2.90. The maximum atomic E-state index is 11.1. The van der Waals surface area contributed by atoms with Gasteiger partial charge in [-0.25, -0.2) is 9.89 Å². The van der Waals surface area contributed by atoms with Crippen molar-refractivity contribution in [2.75, 3.05) is 0 Å². The monoisotopic (exact) mass is 199 g/mol. The molecule has 0 radical (unpaired) electrons. The van der Waals surface area contributed by atoms with Gasteiger partial charge in [-0.2, -0.15) is 5.10 Å². The smallest absolute Gasteiger partial charge is 0.342 e. The Hall–Kier alpha value is -1.92. The van der Waals surface area contributed by atoms with E-state index < -0.39 is 23.1 Å². The molecule has 7 heteroatoms. The fraction of sp³-hybridized carbons (Fsp3) is 0.429. The molecule has 1 aromatic heterocycles. The molecular formula is C7H9N3O4. The lowest BCUT2D eigenvalue weighted by Gasteiger charge is -2.02. The average Bonchev–Trinajstić information content (AvgIpc) is 2.09. The molecule has 7 nitrogen and oxygen atoms in total. The topological polar surface area (TPSA) is 116 Å². The molecule has 0 saturated heterocycles. The van der Waals surface area contributed by atoms with Crippen molar-refractivity contribution in [1.29, 1.82) is 0 Å². The first-order valence-electron chi connectivity index (χ1n) is 3.91. The van der Waals surface area contributed by atoms with Gasteiger partial charge < -0.3 is 5.11 Å². The minimum absolute atomic E-state index is 0.0125. The number of nitrogens with zero attached hydrogens (tertiary/aromatic N) is 1. The van der Waals surface area contributed by atoms with E-state index in [1.807, 2.05) is 10.1 Å². The molecule has 0 saturated carbocycles. The van der Waals surface area contributed by atoms with Gasteiger partial charge in [-0.3, -0.25) is 14.6 Å². The van der Waals surface area contributed by atoms with E-state index in [2.05, 4.69) is 5.10 Å². The summed E-state index contributed by atoms with van der Waals surface area (Å²) in [5, 5.41) is 14.1. The summed E-state index contributed by atoms with van der Waals surface area (Å²) in [6, 6.07) is 0. The fourth-order valence-corrected chi connectivity index (χ4v) is 0.888. The maximum absolute atomic E-state index is 11.1. The van der Waals surface area contributed by atoms with E-state index in [1.54, 1.807) is 0 Å². The highest BCUT2D eigenvalue weighted by molar-refractivity contribution is 5.69. The van der Waals surface area contributed by atoms with Gasteiger partial charge in [-0.15, -0.1) is 0 Å². The van der Waals surface area contributed by atoms with E-state index >= 15 is 0 Å². The minimum Gasteiger partial charge on any atom is -0.481 e. The van der Waals surface area contributed by atoms with E-state index in [4.69, 9.17) is 5.11 Å². The van der Waals surface area contributed by atoms with Gasteiger partial charge >= 0.3 is 11.7 Å². The maximum Gasteiger partial charge on any atom is 0.342 e. The Kier molecular flexibility index (Phi) is 2.80. The molecule has 0 spiro atoms. The van der Waals surface area contributed by atoms with Gasteiger partial charge in [-0.05, 0) is 0 Å². The summed E-state index contributed by atoms with van der Waals surface area (Å²) in [6.45, 7) is 1.45. The molecule has 1 unspecified atom stereocenters. The highest BCUT2D eigenvalue weighted by Crippen LogP contribution is 2.00. The van der Waals surface area contributed by atoms with Gasteiger partial charge in [0.05, 0.1) is 5.92 Å². The summed E-state index contributed by atoms with van der Waals surface area (Å²) >= 11 is 0. The molecule has 1 aromatic rings. The van der Waals surface area contributed by atoms with Gasteiger partial charge in [0.15, 0.2) is 0 Å². The van der Waals surface area contributed by atoms with E-state index in [0.717, 1.165) is 0 Å². The average molecular weight is 199 g/mol. The van der Waals surface area contributed by atoms with Crippen molar-refractivity contribution >= 4 is 5.97 Å². The van der Waals surface area contributed by atoms with Crippen LogP contribution < -0.4 is 11.2 Å². The molecule has 1 atom stereocenters. The summed E-state index contributed by atoms with van der Waals surface area (Å²) in [5.74, 6) is -1.73. The van der Waals surface area contributed by atoms with Crippen LogP contribution in [-0.4, -0.2) is 26.3 Å². The second kappa shape index (κ2) is 3.86. The van der Waals surface area contributed by atoms with Gasteiger partial charge in [0, 0.05) is 6.42 Å². The van der Waals surface area contributed by atoms with Crippen molar-refractivity contribution in [2.45, 2.75) is 13.3 Å². The van der Waals surface area contributed by atoms with E-state index in [0.29, 0.717) is 0 Å². The molecule has 1 heterocycles. The quantitative estimate of drug-likeness (QED) is 0.560. The van der Waals surface area contributed by atoms with E-state index in [9.17, 15) is 14.4 Å². The molecule has 76 valence electrons. The number of carboxylic acid groups (broad SMARTS) is 1. The van der Waals surface area contributed by atoms with Crippen molar-refractivity contribution in [1.82, 2.24) is 15.2 Å². The number of nitrogens with one attached hydrogen (secondary N) is 2. The highest BCUT2D eigenvalue weighted by Gasteiger charge is 2.14. The standard InChI is InChI=1S/C7H9N3O4/c1-3(6(12)13)2-4-5(11)8-7(14)10-9-4/h3H,2H2,1H3,(H,12,13)(H2,8,10,11,14). The number of hydrogen-bond donors (Lipinski definition) is 3. The molecule has 0 fully saturated rings. The van der Waals surface area contributed by atoms with Crippen molar-refractivity contribution in [3.05, 3.63) is 26.5 Å². The predicted molar refractivity (Wildman–Crippen MR) is 46.0 cm³/mol. The van der Waals surface area contributed by atoms with Gasteiger partial charge in [0.1, 0.15) is 5.69 Å². The van der Waals surface area contributed by atoms with Crippen LogP contribution in [0, 0.1) is 5.92 Å². The third-order valence-electron chi connectivity index (χ3n) is 1.70. The summed E-state index contributed by atoms with van der Waals surface area (Å²) < 4.78 is 0. The Balaban J connectivity index is 2.93. The molecule has 0 aliphatic rings. The Labute approximate surface area is 77.8 Å². The number of hydrogen-bond acceptors (Lipinski definition) is 4. The molecule has 0 aliphatic carbocycles. The fourth-order valence-electron chi connectivity index (χ4n) is 0.888. The van der Waals surface area contributed by atoms with E-state index in [1.165, 1.54) is 6.92 Å². The number of carbonyl (C=O) groups is 1. The molecular weight excluding hydrogens is 190 g/mol. The number of rotatable bonds is 3. The van der Waals surface area contributed by atoms with Crippen LogP contribution in [0.5, 0.6) is 0 Å². The Morgan fingerprint density at radius 2 is 2.21 bits per heavy atom. The summed E-state index contributed by atoms with van der Waals surface area (Å²) in [7, 11) is 0. The lowest BCUT2D eigenvalue weighted by Crippen LogP contribution is -2.29. The summed E-state index contributed by atoms with van der Waals surface area (Å²) in [6.07, 6.45) is -0.0125. The minimum atomic E-state index is -1.02. The normalized spacial score (nSPS) is 12.4. The first kappa shape index (κ1) is 10.2. The van der Waals surface area contributed by atoms with Gasteiger partial charge in [0.2, 0.25) is 0 Å². The van der Waals surface area contributed by atoms with Gasteiger partial charge in [-0.1, -0.05) is 6.92 Å². The zero-order chi connectivity index (χ0) is 10.7. The Morgan fingerprint density at radius 3 is 2.71 bits per heavy atom. The lowest BCUT2D eigenvalue weighted by atomic mass is 10.1. The zero-order valence-corrected chi connectivity index (χ0v) is 7.40. The van der Waals surface area contributed by atoms with Crippen LogP contribution in [-0.2, 0) is 11.2 Å². The first-order chi connectivity index (χ1) is 6.50. The van der Waals surface area contributed by atoms with E-state index in [-0.39, 0.29) is 12.1 Å².